The van der Waals surface area contributed by atoms with Gasteiger partial charge in [-0.15, -0.1) is 0 Å². The highest BCUT2D eigenvalue weighted by Crippen LogP contribution is 2.49. The van der Waals surface area contributed by atoms with E-state index in [1.807, 2.05) is 18.2 Å². The van der Waals surface area contributed by atoms with Gasteiger partial charge >= 0.3 is 0 Å². The summed E-state index contributed by atoms with van der Waals surface area (Å²) in [5.74, 6) is -0.0268. The first-order chi connectivity index (χ1) is 16.4. The summed E-state index contributed by atoms with van der Waals surface area (Å²) in [4.78, 5) is 18.1. The molecular weight excluding hydrogens is 438 g/mol. The molecule has 4 nitrogen and oxygen atoms in total. The molecule has 5 heteroatoms. The molecule has 1 fully saturated rings. The number of anilines is 2. The largest absolute Gasteiger partial charge is 0.348 e. The Morgan fingerprint density at radius 3 is 2.50 bits per heavy atom. The van der Waals surface area contributed by atoms with Crippen molar-refractivity contribution in [1.29, 1.82) is 0 Å². The van der Waals surface area contributed by atoms with Crippen LogP contribution in [0.1, 0.15) is 41.3 Å². The summed E-state index contributed by atoms with van der Waals surface area (Å²) in [7, 11) is 2.39. The lowest BCUT2D eigenvalue weighted by Gasteiger charge is -2.41. The molecule has 2 aliphatic heterocycles. The van der Waals surface area contributed by atoms with Gasteiger partial charge < -0.3 is 14.7 Å². The molecule has 2 heterocycles. The molecule has 3 aromatic carbocycles. The van der Waals surface area contributed by atoms with Gasteiger partial charge in [-0.1, -0.05) is 48.2 Å². The number of fused-ring (bicyclic) bond motifs is 2. The molecule has 3 aromatic rings. The number of rotatable bonds is 6. The molecule has 0 aromatic heterocycles. The minimum Gasteiger partial charge on any atom is -0.348 e. The van der Waals surface area contributed by atoms with Crippen LogP contribution in [0, 0.1) is 6.92 Å². The van der Waals surface area contributed by atoms with Crippen LogP contribution < -0.4 is 10.2 Å². The van der Waals surface area contributed by atoms with Crippen LogP contribution in [-0.2, 0) is 6.54 Å². The maximum atomic E-state index is 13.1. The van der Waals surface area contributed by atoms with Crippen LogP contribution in [0.4, 0.5) is 11.4 Å². The minimum atomic E-state index is -0.0268. The van der Waals surface area contributed by atoms with Gasteiger partial charge in [-0.05, 0) is 55.3 Å². The summed E-state index contributed by atoms with van der Waals surface area (Å²) in [5.41, 5.74) is 5.45. The number of hydrogen-bond acceptors (Lipinski definition) is 3. The number of likely N-dealkylation sites (tertiary alicyclic amines) is 1. The van der Waals surface area contributed by atoms with E-state index >= 15 is 0 Å². The molecule has 1 amide bonds. The standard InChI is InChI=1S/C29H33N3OS/c1-21-10-4-5-11-24(21)19-30-29(33)23-14-15-28-26(18-23)31(25-12-6-7-13-27(25)34-28)22(2)20-32(3)16-8-9-17-32/h4-7,10-15,18,22H,8-9,16-17,19-20H2,1-3H3/p+1. The molecule has 176 valence electrons. The Hall–Kier alpha value is -2.76. The van der Waals surface area contributed by atoms with Gasteiger partial charge in [0, 0.05) is 34.7 Å². The van der Waals surface area contributed by atoms with E-state index in [-0.39, 0.29) is 5.91 Å². The number of nitrogens with one attached hydrogen (secondary N) is 1. The van der Waals surface area contributed by atoms with Crippen molar-refractivity contribution in [3.05, 3.63) is 83.4 Å². The van der Waals surface area contributed by atoms with Crippen molar-refractivity contribution >= 4 is 29.0 Å². The fraction of sp³-hybridized carbons (Fsp3) is 0.345. The summed E-state index contributed by atoms with van der Waals surface area (Å²) >= 11 is 1.80. The summed E-state index contributed by atoms with van der Waals surface area (Å²) in [6.45, 7) is 8.56. The van der Waals surface area contributed by atoms with Crippen LogP contribution in [0.5, 0.6) is 0 Å². The van der Waals surface area contributed by atoms with Crippen LogP contribution in [-0.4, -0.2) is 43.1 Å². The van der Waals surface area contributed by atoms with E-state index in [0.29, 0.717) is 18.2 Å². The zero-order chi connectivity index (χ0) is 23.7. The van der Waals surface area contributed by atoms with Crippen molar-refractivity contribution in [3.63, 3.8) is 0 Å². The van der Waals surface area contributed by atoms with Crippen molar-refractivity contribution in [1.82, 2.24) is 5.32 Å². The number of para-hydroxylation sites is 1. The first-order valence-electron chi connectivity index (χ1n) is 12.3. The summed E-state index contributed by atoms with van der Waals surface area (Å²) < 4.78 is 1.12. The van der Waals surface area contributed by atoms with Crippen molar-refractivity contribution in [3.8, 4) is 0 Å². The lowest BCUT2D eigenvalue weighted by atomic mass is 10.1. The number of aryl methyl sites for hydroxylation is 1. The van der Waals surface area contributed by atoms with Crippen molar-refractivity contribution in [2.45, 2.75) is 49.1 Å². The van der Waals surface area contributed by atoms with E-state index in [9.17, 15) is 4.79 Å². The number of carbonyl (C=O) groups is 1. The van der Waals surface area contributed by atoms with Gasteiger partial charge in [-0.3, -0.25) is 4.79 Å². The molecule has 0 bridgehead atoms. The second kappa shape index (κ2) is 9.47. The summed E-state index contributed by atoms with van der Waals surface area (Å²) in [6, 6.07) is 23.4. The molecule has 0 radical (unpaired) electrons. The summed E-state index contributed by atoms with van der Waals surface area (Å²) in [5, 5.41) is 3.12. The Labute approximate surface area is 207 Å². The third-order valence-corrected chi connectivity index (χ3v) is 8.45. The van der Waals surface area contributed by atoms with Crippen molar-refractivity contribution in [2.24, 2.45) is 0 Å². The second-order valence-corrected chi connectivity index (χ2v) is 11.1. The van der Waals surface area contributed by atoms with Gasteiger partial charge in [-0.25, -0.2) is 0 Å². The number of nitrogens with zero attached hydrogens (tertiary/aromatic N) is 2. The zero-order valence-corrected chi connectivity index (χ0v) is 21.2. The normalized spacial score (nSPS) is 17.1. The molecule has 1 saturated heterocycles. The number of quaternary nitrogens is 1. The molecule has 0 saturated carbocycles. The number of carbonyl (C=O) groups excluding carboxylic acids is 1. The fourth-order valence-electron chi connectivity index (χ4n) is 5.49. The number of hydrogen-bond donors (Lipinski definition) is 1. The first-order valence-corrected chi connectivity index (χ1v) is 13.1. The predicted molar refractivity (Wildman–Crippen MR) is 141 cm³/mol. The van der Waals surface area contributed by atoms with E-state index in [4.69, 9.17) is 0 Å². The molecule has 34 heavy (non-hydrogen) atoms. The second-order valence-electron chi connectivity index (χ2n) is 10.0. The SMILES string of the molecule is Cc1ccccc1CNC(=O)c1ccc2c(c1)N(C(C)C[N+]1(C)CCCC1)c1ccccc1S2. The molecule has 2 aliphatic rings. The smallest absolute Gasteiger partial charge is 0.251 e. The van der Waals surface area contributed by atoms with Gasteiger partial charge in [-0.2, -0.15) is 0 Å². The van der Waals surface area contributed by atoms with Gasteiger partial charge in [0.05, 0.1) is 44.1 Å². The first kappa shape index (κ1) is 23.0. The summed E-state index contributed by atoms with van der Waals surface area (Å²) in [6.07, 6.45) is 2.63. The molecule has 1 atom stereocenters. The fourth-order valence-corrected chi connectivity index (χ4v) is 6.54. The Balaban J connectivity index is 1.43. The Bertz CT molecular complexity index is 1200. The Morgan fingerprint density at radius 2 is 1.71 bits per heavy atom. The quantitative estimate of drug-likeness (QED) is 0.436. The Morgan fingerprint density at radius 1 is 1.00 bits per heavy atom. The maximum Gasteiger partial charge on any atom is 0.251 e. The van der Waals surface area contributed by atoms with E-state index in [2.05, 4.69) is 79.6 Å². The third-order valence-electron chi connectivity index (χ3n) is 7.32. The minimum absolute atomic E-state index is 0.0268. The lowest BCUT2D eigenvalue weighted by molar-refractivity contribution is -0.898. The van der Waals surface area contributed by atoms with E-state index < -0.39 is 0 Å². The topological polar surface area (TPSA) is 32.3 Å². The van der Waals surface area contributed by atoms with Crippen LogP contribution in [0.3, 0.4) is 0 Å². The number of likely N-dealkylation sites (N-methyl/N-ethyl adjacent to an activating group) is 1. The molecule has 1 N–H and O–H groups in total. The zero-order valence-electron chi connectivity index (χ0n) is 20.4. The average Bonchev–Trinajstić information content (AvgIpc) is 3.27. The van der Waals surface area contributed by atoms with Gasteiger partial charge in [0.15, 0.2) is 0 Å². The van der Waals surface area contributed by atoms with Crippen LogP contribution >= 0.6 is 11.8 Å². The maximum absolute atomic E-state index is 13.1. The van der Waals surface area contributed by atoms with E-state index in [1.54, 1.807) is 11.8 Å². The van der Waals surface area contributed by atoms with Crippen LogP contribution in [0.15, 0.2) is 76.5 Å². The third kappa shape index (κ3) is 4.59. The average molecular weight is 473 g/mol. The molecule has 5 rings (SSSR count). The lowest BCUT2D eigenvalue weighted by Crippen LogP contribution is -2.50. The van der Waals surface area contributed by atoms with E-state index in [1.165, 1.54) is 47.0 Å². The highest BCUT2D eigenvalue weighted by atomic mass is 32.2. The van der Waals surface area contributed by atoms with Crippen molar-refractivity contribution in [2.75, 3.05) is 31.6 Å². The van der Waals surface area contributed by atoms with Gasteiger partial charge in [0.1, 0.15) is 0 Å². The highest BCUT2D eigenvalue weighted by Gasteiger charge is 2.34. The molecular formula is C29H34N3OS+. The monoisotopic (exact) mass is 472 g/mol. The van der Waals surface area contributed by atoms with Crippen LogP contribution in [0.2, 0.25) is 0 Å². The molecule has 0 aliphatic carbocycles. The predicted octanol–water partition coefficient (Wildman–Crippen LogP) is 6.16. The van der Waals surface area contributed by atoms with Gasteiger partial charge in [0.25, 0.3) is 5.91 Å². The molecule has 0 spiro atoms. The van der Waals surface area contributed by atoms with E-state index in [0.717, 1.165) is 22.3 Å². The van der Waals surface area contributed by atoms with Crippen LogP contribution in [0.25, 0.3) is 0 Å². The van der Waals surface area contributed by atoms with Gasteiger partial charge in [0.2, 0.25) is 0 Å². The Kier molecular flexibility index (Phi) is 6.41. The number of amides is 1. The van der Waals surface area contributed by atoms with Crippen molar-refractivity contribution < 1.29 is 9.28 Å². The number of benzene rings is 3. The highest BCUT2D eigenvalue weighted by molar-refractivity contribution is 7.99. The molecule has 1 unspecified atom stereocenters.